The van der Waals surface area contributed by atoms with Crippen LogP contribution in [0.15, 0.2) is 77.1 Å². The molecule has 1 N–H and O–H groups in total. The van der Waals surface area contributed by atoms with Gasteiger partial charge in [-0.25, -0.2) is 13.4 Å². The molecule has 0 spiro atoms. The van der Waals surface area contributed by atoms with E-state index in [0.29, 0.717) is 16.2 Å². The van der Waals surface area contributed by atoms with Crippen LogP contribution in [0.3, 0.4) is 0 Å². The molecule has 0 fully saturated rings. The van der Waals surface area contributed by atoms with Gasteiger partial charge in [0, 0.05) is 17.0 Å². The second-order valence-corrected chi connectivity index (χ2v) is 9.82. The number of amides is 1. The van der Waals surface area contributed by atoms with E-state index >= 15 is 0 Å². The molecule has 0 aliphatic rings. The summed E-state index contributed by atoms with van der Waals surface area (Å²) in [5.74, 6) is -0.459. The number of nitrogens with one attached hydrogen (secondary N) is 1. The number of aromatic nitrogens is 1. The van der Waals surface area contributed by atoms with Crippen LogP contribution in [0, 0.1) is 13.8 Å². The van der Waals surface area contributed by atoms with Gasteiger partial charge in [0.1, 0.15) is 6.54 Å². The summed E-state index contributed by atoms with van der Waals surface area (Å²) in [4.78, 5) is 17.0. The van der Waals surface area contributed by atoms with E-state index in [-0.39, 0.29) is 11.4 Å². The number of aryl methyl sites for hydroxylation is 1. The molecule has 8 heteroatoms. The van der Waals surface area contributed by atoms with Crippen LogP contribution in [0.5, 0.6) is 0 Å². The molecule has 0 bridgehead atoms. The molecule has 31 heavy (non-hydrogen) atoms. The van der Waals surface area contributed by atoms with Crippen LogP contribution >= 0.6 is 11.3 Å². The highest BCUT2D eigenvalue weighted by Crippen LogP contribution is 2.32. The lowest BCUT2D eigenvalue weighted by Gasteiger charge is -2.26. The highest BCUT2D eigenvalue weighted by atomic mass is 32.2. The Morgan fingerprint density at radius 3 is 2.55 bits per heavy atom. The second kappa shape index (κ2) is 8.49. The molecular formula is C23H21N3O3S2. The zero-order valence-electron chi connectivity index (χ0n) is 17.1. The molecule has 3 aromatic carbocycles. The van der Waals surface area contributed by atoms with Crippen LogP contribution < -0.4 is 9.62 Å². The second-order valence-electron chi connectivity index (χ2n) is 7.09. The fraction of sp³-hybridized carbons (Fsp3) is 0.130. The predicted molar refractivity (Wildman–Crippen MR) is 125 cm³/mol. The Balaban J connectivity index is 1.83. The van der Waals surface area contributed by atoms with Crippen molar-refractivity contribution in [3.63, 3.8) is 0 Å². The number of nitrogens with zero attached hydrogens (tertiary/aromatic N) is 2. The number of benzene rings is 3. The summed E-state index contributed by atoms with van der Waals surface area (Å²) >= 11 is 1.27. The highest BCUT2D eigenvalue weighted by molar-refractivity contribution is 7.93. The summed E-state index contributed by atoms with van der Waals surface area (Å²) in [7, 11) is -4.04. The Hall–Kier alpha value is -3.23. The minimum Gasteiger partial charge on any atom is -0.300 e. The number of rotatable bonds is 6. The van der Waals surface area contributed by atoms with Gasteiger partial charge in [-0.1, -0.05) is 48.5 Å². The van der Waals surface area contributed by atoms with Gasteiger partial charge in [0.05, 0.1) is 10.6 Å². The highest BCUT2D eigenvalue weighted by Gasteiger charge is 2.30. The Bertz CT molecular complexity index is 1340. The van der Waals surface area contributed by atoms with Gasteiger partial charge in [-0.05, 0) is 42.5 Å². The molecule has 0 aliphatic carbocycles. The zero-order valence-corrected chi connectivity index (χ0v) is 18.7. The molecule has 4 aromatic rings. The Morgan fingerprint density at radius 1 is 1.03 bits per heavy atom. The van der Waals surface area contributed by atoms with E-state index in [1.807, 2.05) is 38.1 Å². The minimum absolute atomic E-state index is 0.161. The molecule has 0 saturated heterocycles. The van der Waals surface area contributed by atoms with Crippen molar-refractivity contribution in [1.82, 2.24) is 4.98 Å². The monoisotopic (exact) mass is 451 g/mol. The summed E-state index contributed by atoms with van der Waals surface area (Å²) < 4.78 is 28.9. The summed E-state index contributed by atoms with van der Waals surface area (Å²) in [6.07, 6.45) is 1.58. The van der Waals surface area contributed by atoms with Gasteiger partial charge >= 0.3 is 0 Å². The maximum atomic E-state index is 13.9. The van der Waals surface area contributed by atoms with Crippen molar-refractivity contribution >= 4 is 48.9 Å². The van der Waals surface area contributed by atoms with E-state index in [1.165, 1.54) is 15.6 Å². The quantitative estimate of drug-likeness (QED) is 0.459. The molecule has 0 radical (unpaired) electrons. The lowest BCUT2D eigenvalue weighted by molar-refractivity contribution is -0.114. The van der Waals surface area contributed by atoms with Crippen LogP contribution in [0.4, 0.5) is 10.8 Å². The van der Waals surface area contributed by atoms with Crippen LogP contribution in [0.2, 0.25) is 0 Å². The van der Waals surface area contributed by atoms with Crippen molar-refractivity contribution in [2.24, 2.45) is 0 Å². The lowest BCUT2D eigenvalue weighted by Crippen LogP contribution is -2.38. The average molecular weight is 452 g/mol. The number of thiazole rings is 1. The number of anilines is 2. The SMILES string of the molecule is Cc1cccc(N(CC(=O)Nc2nccs2)S(=O)(=O)c2cccc3ccccc23)c1C. The van der Waals surface area contributed by atoms with Crippen LogP contribution in [0.1, 0.15) is 11.1 Å². The topological polar surface area (TPSA) is 79.4 Å². The fourth-order valence-corrected chi connectivity index (χ4v) is 5.66. The predicted octanol–water partition coefficient (Wildman–Crippen LogP) is 4.75. The maximum absolute atomic E-state index is 13.9. The number of fused-ring (bicyclic) bond motifs is 1. The smallest absolute Gasteiger partial charge is 0.265 e. The first-order valence-corrected chi connectivity index (χ1v) is 12.0. The van der Waals surface area contributed by atoms with Gasteiger partial charge in [0.25, 0.3) is 10.0 Å². The van der Waals surface area contributed by atoms with Crippen LogP contribution in [0.25, 0.3) is 10.8 Å². The first kappa shape index (κ1) is 21.0. The molecule has 0 aliphatic heterocycles. The summed E-state index contributed by atoms with van der Waals surface area (Å²) in [6, 6.07) is 17.9. The normalized spacial score (nSPS) is 11.4. The maximum Gasteiger partial charge on any atom is 0.265 e. The molecule has 1 amide bonds. The molecule has 0 atom stereocenters. The van der Waals surface area contributed by atoms with E-state index < -0.39 is 15.9 Å². The number of carbonyl (C=O) groups is 1. The van der Waals surface area contributed by atoms with Gasteiger partial charge in [0.2, 0.25) is 5.91 Å². The third kappa shape index (κ3) is 4.17. The molecule has 1 aromatic heterocycles. The van der Waals surface area contributed by atoms with Gasteiger partial charge in [-0.2, -0.15) is 0 Å². The van der Waals surface area contributed by atoms with Gasteiger partial charge in [-0.15, -0.1) is 11.3 Å². The molecular weight excluding hydrogens is 430 g/mol. The van der Waals surface area contributed by atoms with Crippen molar-refractivity contribution in [2.75, 3.05) is 16.2 Å². The number of sulfonamides is 1. The van der Waals surface area contributed by atoms with Crippen LogP contribution in [-0.4, -0.2) is 25.9 Å². The van der Waals surface area contributed by atoms with E-state index in [1.54, 1.807) is 48.0 Å². The lowest BCUT2D eigenvalue weighted by atomic mass is 10.1. The van der Waals surface area contributed by atoms with Crippen LogP contribution in [-0.2, 0) is 14.8 Å². The number of hydrogen-bond donors (Lipinski definition) is 1. The number of carbonyl (C=O) groups excluding carboxylic acids is 1. The van der Waals surface area contributed by atoms with E-state index in [4.69, 9.17) is 0 Å². The summed E-state index contributed by atoms with van der Waals surface area (Å²) in [5.41, 5.74) is 2.21. The standard InChI is InChI=1S/C23H21N3O3S2/c1-16-7-5-11-20(17(16)2)26(15-22(27)25-23-24-13-14-30-23)31(28,29)21-12-6-9-18-8-3-4-10-19(18)21/h3-14H,15H2,1-2H3,(H,24,25,27). The Labute approximate surface area is 185 Å². The van der Waals surface area contributed by atoms with Crippen molar-refractivity contribution in [1.29, 1.82) is 0 Å². The largest absolute Gasteiger partial charge is 0.300 e. The zero-order chi connectivity index (χ0) is 22.0. The first-order valence-electron chi connectivity index (χ1n) is 9.64. The van der Waals surface area contributed by atoms with Crippen molar-refractivity contribution in [3.05, 3.63) is 83.4 Å². The first-order chi connectivity index (χ1) is 14.9. The van der Waals surface area contributed by atoms with Crippen molar-refractivity contribution in [2.45, 2.75) is 18.7 Å². The van der Waals surface area contributed by atoms with Crippen molar-refractivity contribution in [3.8, 4) is 0 Å². The van der Waals surface area contributed by atoms with Gasteiger partial charge < -0.3 is 5.32 Å². The Morgan fingerprint density at radius 2 is 1.77 bits per heavy atom. The van der Waals surface area contributed by atoms with E-state index in [2.05, 4.69) is 10.3 Å². The fourth-order valence-electron chi connectivity index (χ4n) is 3.42. The minimum atomic E-state index is -4.04. The summed E-state index contributed by atoms with van der Waals surface area (Å²) in [5, 5.41) is 6.27. The molecule has 6 nitrogen and oxygen atoms in total. The van der Waals surface area contributed by atoms with E-state index in [9.17, 15) is 13.2 Å². The molecule has 158 valence electrons. The molecule has 1 heterocycles. The van der Waals surface area contributed by atoms with Crippen molar-refractivity contribution < 1.29 is 13.2 Å². The third-order valence-electron chi connectivity index (χ3n) is 5.13. The molecule has 0 unspecified atom stereocenters. The van der Waals surface area contributed by atoms with Gasteiger partial charge in [-0.3, -0.25) is 9.10 Å². The number of hydrogen-bond acceptors (Lipinski definition) is 5. The molecule has 4 rings (SSSR count). The molecule has 0 saturated carbocycles. The van der Waals surface area contributed by atoms with E-state index in [0.717, 1.165) is 16.5 Å². The third-order valence-corrected chi connectivity index (χ3v) is 7.63. The average Bonchev–Trinajstić information content (AvgIpc) is 3.26. The van der Waals surface area contributed by atoms with Gasteiger partial charge in [0.15, 0.2) is 5.13 Å². The Kier molecular flexibility index (Phi) is 5.75. The summed E-state index contributed by atoms with van der Waals surface area (Å²) in [6.45, 7) is 3.40.